The molecule has 0 saturated heterocycles. The van der Waals surface area contributed by atoms with Crippen molar-refractivity contribution in [2.24, 2.45) is 0 Å². The van der Waals surface area contributed by atoms with E-state index in [-0.39, 0.29) is 12.2 Å². The highest BCUT2D eigenvalue weighted by Crippen LogP contribution is 2.30. The number of benzene rings is 3. The molecule has 7 nitrogen and oxygen atoms in total. The van der Waals surface area contributed by atoms with Gasteiger partial charge in [-0.25, -0.2) is 0 Å². The number of ether oxygens (including phenoxy) is 2. The van der Waals surface area contributed by atoms with Gasteiger partial charge in [0.15, 0.2) is 18.1 Å². The highest BCUT2D eigenvalue weighted by atomic mass is 35.5. The Kier molecular flexibility index (Phi) is 9.60. The van der Waals surface area contributed by atoms with Crippen LogP contribution in [0, 0.1) is 11.3 Å². The van der Waals surface area contributed by atoms with Gasteiger partial charge in [-0.2, -0.15) is 5.26 Å². The first kappa shape index (κ1) is 26.9. The highest BCUT2D eigenvalue weighted by molar-refractivity contribution is 6.42. The van der Waals surface area contributed by atoms with Gasteiger partial charge in [0.05, 0.1) is 16.7 Å². The number of carbonyl (C=O) groups excluding carboxylic acids is 2. The predicted molar refractivity (Wildman–Crippen MR) is 142 cm³/mol. The molecule has 36 heavy (non-hydrogen) atoms. The molecule has 3 aromatic rings. The van der Waals surface area contributed by atoms with E-state index in [0.29, 0.717) is 50.1 Å². The second kappa shape index (κ2) is 12.8. The second-order valence-corrected chi connectivity index (χ2v) is 8.49. The first-order chi connectivity index (χ1) is 17.3. The summed E-state index contributed by atoms with van der Waals surface area (Å²) in [5, 5.41) is 16.0. The van der Waals surface area contributed by atoms with Gasteiger partial charge in [0, 0.05) is 16.4 Å². The zero-order chi connectivity index (χ0) is 26.1. The average Bonchev–Trinajstić information content (AvgIpc) is 2.85. The van der Waals surface area contributed by atoms with Gasteiger partial charge in [0.2, 0.25) is 0 Å². The molecular weight excluding hydrogens is 525 g/mol. The van der Waals surface area contributed by atoms with Gasteiger partial charge in [-0.3, -0.25) is 9.59 Å². The van der Waals surface area contributed by atoms with Crippen LogP contribution >= 0.6 is 34.8 Å². The van der Waals surface area contributed by atoms with Crippen LogP contribution in [-0.4, -0.2) is 25.0 Å². The van der Waals surface area contributed by atoms with Gasteiger partial charge in [-0.05, 0) is 73.2 Å². The Morgan fingerprint density at radius 1 is 0.889 bits per heavy atom. The Balaban J connectivity index is 1.70. The summed E-state index contributed by atoms with van der Waals surface area (Å²) >= 11 is 17.7. The van der Waals surface area contributed by atoms with Crippen molar-refractivity contribution in [2.75, 3.05) is 23.8 Å². The summed E-state index contributed by atoms with van der Waals surface area (Å²) in [5.74, 6) is -0.311. The molecule has 0 aliphatic rings. The zero-order valence-corrected chi connectivity index (χ0v) is 21.2. The number of hydrogen-bond acceptors (Lipinski definition) is 5. The first-order valence-electron chi connectivity index (χ1n) is 10.6. The van der Waals surface area contributed by atoms with Crippen LogP contribution in [0.5, 0.6) is 11.5 Å². The fourth-order valence-corrected chi connectivity index (χ4v) is 3.39. The number of amides is 2. The molecule has 0 bridgehead atoms. The lowest BCUT2D eigenvalue weighted by Crippen LogP contribution is -2.20. The second-order valence-electron chi connectivity index (χ2n) is 7.24. The Morgan fingerprint density at radius 3 is 2.28 bits per heavy atom. The summed E-state index contributed by atoms with van der Waals surface area (Å²) in [6.45, 7) is 1.84. The van der Waals surface area contributed by atoms with E-state index in [9.17, 15) is 14.9 Å². The Morgan fingerprint density at radius 2 is 1.61 bits per heavy atom. The normalized spacial score (nSPS) is 10.8. The van der Waals surface area contributed by atoms with Crippen molar-refractivity contribution in [2.45, 2.75) is 6.92 Å². The summed E-state index contributed by atoms with van der Waals surface area (Å²) in [5.41, 5.74) is 1.41. The minimum absolute atomic E-state index is 0.109. The summed E-state index contributed by atoms with van der Waals surface area (Å²) in [6.07, 6.45) is 1.43. The lowest BCUT2D eigenvalue weighted by atomic mass is 10.1. The van der Waals surface area contributed by atoms with Gasteiger partial charge in [-0.1, -0.05) is 40.9 Å². The van der Waals surface area contributed by atoms with E-state index in [1.54, 1.807) is 61.5 Å². The Hall–Kier alpha value is -3.70. The van der Waals surface area contributed by atoms with Gasteiger partial charge in [-0.15, -0.1) is 0 Å². The lowest BCUT2D eigenvalue weighted by molar-refractivity contribution is -0.118. The maximum atomic E-state index is 12.5. The van der Waals surface area contributed by atoms with Crippen LogP contribution in [0.2, 0.25) is 15.1 Å². The molecule has 0 aliphatic carbocycles. The van der Waals surface area contributed by atoms with Crippen LogP contribution in [0.4, 0.5) is 11.4 Å². The molecule has 0 fully saturated rings. The van der Waals surface area contributed by atoms with Crippen molar-refractivity contribution < 1.29 is 19.1 Å². The molecule has 0 aliphatic heterocycles. The SMILES string of the molecule is CCOc1cc(/C=C(/C#N)C(=O)Nc2ccc(Cl)cc2)ccc1OCC(=O)Nc1ccc(Cl)c(Cl)c1. The third-order valence-corrected chi connectivity index (χ3v) is 5.60. The van der Waals surface area contributed by atoms with Crippen LogP contribution in [0.3, 0.4) is 0 Å². The van der Waals surface area contributed by atoms with Crippen LogP contribution in [0.1, 0.15) is 12.5 Å². The monoisotopic (exact) mass is 543 g/mol. The lowest BCUT2D eigenvalue weighted by Gasteiger charge is -2.13. The van der Waals surface area contributed by atoms with Crippen LogP contribution in [0.25, 0.3) is 6.08 Å². The molecule has 10 heteroatoms. The van der Waals surface area contributed by atoms with Gasteiger partial charge < -0.3 is 20.1 Å². The molecule has 2 N–H and O–H groups in total. The molecular formula is C26H20Cl3N3O4. The van der Waals surface area contributed by atoms with Crippen LogP contribution in [-0.2, 0) is 9.59 Å². The average molecular weight is 545 g/mol. The fraction of sp³-hybridized carbons (Fsp3) is 0.115. The Bertz CT molecular complexity index is 1340. The fourth-order valence-electron chi connectivity index (χ4n) is 2.96. The van der Waals surface area contributed by atoms with Crippen molar-refractivity contribution in [1.29, 1.82) is 5.26 Å². The maximum Gasteiger partial charge on any atom is 0.266 e. The van der Waals surface area contributed by atoms with Crippen LogP contribution < -0.4 is 20.1 Å². The number of nitrogens with zero attached hydrogens (tertiary/aromatic N) is 1. The third kappa shape index (κ3) is 7.65. The molecule has 0 radical (unpaired) electrons. The van der Waals surface area contributed by atoms with E-state index in [1.165, 1.54) is 12.1 Å². The molecule has 0 spiro atoms. The van der Waals surface area contributed by atoms with Crippen LogP contribution in [0.15, 0.2) is 66.2 Å². The zero-order valence-electron chi connectivity index (χ0n) is 19.0. The first-order valence-corrected chi connectivity index (χ1v) is 11.8. The van der Waals surface area contributed by atoms with E-state index in [4.69, 9.17) is 44.3 Å². The van der Waals surface area contributed by atoms with E-state index >= 15 is 0 Å². The summed E-state index contributed by atoms with van der Waals surface area (Å²) in [4.78, 5) is 24.8. The number of nitrogens with one attached hydrogen (secondary N) is 2. The maximum absolute atomic E-state index is 12.5. The van der Waals surface area contributed by atoms with Crippen molar-refractivity contribution in [1.82, 2.24) is 0 Å². The molecule has 0 unspecified atom stereocenters. The highest BCUT2D eigenvalue weighted by Gasteiger charge is 2.13. The minimum atomic E-state index is -0.572. The molecule has 2 amide bonds. The van der Waals surface area contributed by atoms with E-state index in [2.05, 4.69) is 10.6 Å². The molecule has 0 heterocycles. The summed E-state index contributed by atoms with van der Waals surface area (Å²) < 4.78 is 11.3. The largest absolute Gasteiger partial charge is 0.490 e. The van der Waals surface area contributed by atoms with E-state index in [1.807, 2.05) is 6.07 Å². The number of rotatable bonds is 9. The molecule has 0 aromatic heterocycles. The van der Waals surface area contributed by atoms with Gasteiger partial charge in [0.25, 0.3) is 11.8 Å². The predicted octanol–water partition coefficient (Wildman–Crippen LogP) is 6.61. The molecule has 3 rings (SSSR count). The molecule has 0 saturated carbocycles. The number of nitriles is 1. The van der Waals surface area contributed by atoms with Crippen molar-refractivity contribution in [3.05, 3.63) is 86.9 Å². The summed E-state index contributed by atoms with van der Waals surface area (Å²) in [6, 6.07) is 18.0. The number of hydrogen-bond donors (Lipinski definition) is 2. The molecule has 3 aromatic carbocycles. The number of carbonyl (C=O) groups is 2. The standard InChI is InChI=1S/C26H20Cl3N3O4/c1-2-35-24-12-16(11-17(14-30)26(34)32-19-6-4-18(27)5-7-19)3-10-23(24)36-15-25(33)31-20-8-9-21(28)22(29)13-20/h3-13H,2,15H2,1H3,(H,31,33)(H,32,34)/b17-11-. The topological polar surface area (TPSA) is 100 Å². The van der Waals surface area contributed by atoms with Crippen molar-refractivity contribution >= 4 is 64.1 Å². The van der Waals surface area contributed by atoms with Crippen molar-refractivity contribution in [3.8, 4) is 17.6 Å². The smallest absolute Gasteiger partial charge is 0.266 e. The van der Waals surface area contributed by atoms with Gasteiger partial charge >= 0.3 is 0 Å². The van der Waals surface area contributed by atoms with Gasteiger partial charge in [0.1, 0.15) is 11.6 Å². The summed E-state index contributed by atoms with van der Waals surface area (Å²) in [7, 11) is 0. The minimum Gasteiger partial charge on any atom is -0.490 e. The Labute approximate surface area is 223 Å². The third-order valence-electron chi connectivity index (χ3n) is 4.61. The van der Waals surface area contributed by atoms with Crippen molar-refractivity contribution in [3.63, 3.8) is 0 Å². The molecule has 0 atom stereocenters. The number of halogens is 3. The number of anilines is 2. The quantitative estimate of drug-likeness (QED) is 0.233. The molecule has 184 valence electrons. The van der Waals surface area contributed by atoms with E-state index < -0.39 is 11.8 Å². The van der Waals surface area contributed by atoms with E-state index in [0.717, 1.165) is 0 Å².